The van der Waals surface area contributed by atoms with Crippen LogP contribution in [0.4, 0.5) is 51.5 Å². The smallest absolute Gasteiger partial charge is 0.222 e. The number of rotatable bonds is 27. The summed E-state index contributed by atoms with van der Waals surface area (Å²) in [5.74, 6) is 1.98. The molecular weight excluding hydrogens is 1190 g/mol. The molecule has 2 amide bonds. The molecule has 8 rings (SSSR count). The van der Waals surface area contributed by atoms with Crippen LogP contribution in [0.25, 0.3) is 44.1 Å². The van der Waals surface area contributed by atoms with Crippen LogP contribution in [0, 0.1) is 5.82 Å². The van der Waals surface area contributed by atoms with Crippen molar-refractivity contribution in [2.24, 2.45) is 0 Å². The van der Waals surface area contributed by atoms with Crippen molar-refractivity contribution in [2.45, 2.75) is 175 Å². The Bertz CT molecular complexity index is 3530. The Morgan fingerprint density at radius 1 is 0.478 bits per heavy atom. The maximum absolute atomic E-state index is 13.2. The molecule has 0 spiro atoms. The Kier molecular flexibility index (Phi) is 27.4. The van der Waals surface area contributed by atoms with Gasteiger partial charge in [-0.15, -0.1) is 0 Å². The molecule has 0 aliphatic carbocycles. The largest absolute Gasteiger partial charge is 0.394 e. The van der Waals surface area contributed by atoms with E-state index in [0.29, 0.717) is 90.5 Å². The van der Waals surface area contributed by atoms with Gasteiger partial charge in [-0.25, -0.2) is 39.3 Å². The lowest BCUT2D eigenvalue weighted by atomic mass is 9.94. The molecule has 0 aliphatic heterocycles. The molecular formula is C61H89Cl2FN22O4. The first-order valence-corrected chi connectivity index (χ1v) is 30.9. The summed E-state index contributed by atoms with van der Waals surface area (Å²) in [6, 6.07) is 8.32. The van der Waals surface area contributed by atoms with Gasteiger partial charge in [0.1, 0.15) is 27.9 Å². The van der Waals surface area contributed by atoms with Crippen LogP contribution < -0.4 is 54.8 Å². The van der Waals surface area contributed by atoms with E-state index in [2.05, 4.69) is 126 Å². The summed E-state index contributed by atoms with van der Waals surface area (Å²) in [5, 5.41) is 39.3. The topological polar surface area (TPSA) is 406 Å². The number of aromatic nitrogens is 12. The first-order chi connectivity index (χ1) is 42.7. The number of carbonyl (C=O) groups excluding carboxylic acids is 2. The highest BCUT2D eigenvalue weighted by molar-refractivity contribution is 6.31. The number of nitrogens with two attached hydrogens (primary N) is 4. The van der Waals surface area contributed by atoms with E-state index in [-0.39, 0.29) is 59.9 Å². The summed E-state index contributed by atoms with van der Waals surface area (Å²) >= 11 is 11.9. The number of nitrogen functional groups attached to an aromatic ring is 4. The minimum absolute atomic E-state index is 0.00795. The Labute approximate surface area is 534 Å². The fourth-order valence-corrected chi connectivity index (χ4v) is 9.68. The van der Waals surface area contributed by atoms with E-state index in [0.717, 1.165) is 89.7 Å². The van der Waals surface area contributed by atoms with Gasteiger partial charge in [-0.3, -0.25) is 14.6 Å². The van der Waals surface area contributed by atoms with Gasteiger partial charge in [0.25, 0.3) is 0 Å². The second-order valence-corrected chi connectivity index (χ2v) is 24.2. The molecule has 16 N–H and O–H groups in total. The third kappa shape index (κ3) is 22.3. The zero-order chi connectivity index (χ0) is 66.2. The van der Waals surface area contributed by atoms with Gasteiger partial charge in [-0.2, -0.15) is 19.9 Å². The number of pyridine rings is 4. The summed E-state index contributed by atoms with van der Waals surface area (Å²) in [4.78, 5) is 73.1. The SMILES string of the molecule is CCCCC[C@@](C)(CNC(C)=O)Nc1nc(N)nc2cccnc12.CCCC[C@@](C)(CNC(C)=O)Nc1nc(N)nc2cc(Cl)cnc12.CCCC[C@@](C)(CO)Nc1nc(N)nc2cc(Cl)cnc12.CCCC[C@@](C)(CO)Nc1nc(N)nc2cc(F)cnc12. The number of hydrogen-bond donors (Lipinski definition) is 12. The van der Waals surface area contributed by atoms with Crippen LogP contribution in [0.3, 0.4) is 0 Å². The molecule has 0 bridgehead atoms. The minimum atomic E-state index is -0.542. The summed E-state index contributed by atoms with van der Waals surface area (Å²) < 4.78 is 13.2. The van der Waals surface area contributed by atoms with Gasteiger partial charge in [0.05, 0.1) is 73.7 Å². The molecule has 0 saturated carbocycles. The van der Waals surface area contributed by atoms with Gasteiger partial charge in [0, 0.05) is 51.6 Å². The van der Waals surface area contributed by atoms with Gasteiger partial charge in [0.2, 0.25) is 35.6 Å². The molecule has 8 aromatic rings. The average Bonchev–Trinajstić information content (AvgIpc) is 1.45. The molecule has 0 saturated heterocycles. The molecule has 0 aliphatic rings. The fourth-order valence-electron chi connectivity index (χ4n) is 9.37. The van der Waals surface area contributed by atoms with Crippen LogP contribution in [-0.4, -0.2) is 130 Å². The van der Waals surface area contributed by atoms with Crippen molar-refractivity contribution < 1.29 is 24.2 Å². The summed E-state index contributed by atoms with van der Waals surface area (Å²) in [6.07, 6.45) is 18.7. The molecule has 0 aromatic carbocycles. The van der Waals surface area contributed by atoms with Crippen molar-refractivity contribution >= 4 is 126 Å². The molecule has 4 atom stereocenters. The first-order valence-electron chi connectivity index (χ1n) is 30.2. The highest BCUT2D eigenvalue weighted by Crippen LogP contribution is 2.31. The predicted octanol–water partition coefficient (Wildman–Crippen LogP) is 9.96. The van der Waals surface area contributed by atoms with E-state index in [9.17, 15) is 24.2 Å². The molecule has 90 heavy (non-hydrogen) atoms. The van der Waals surface area contributed by atoms with E-state index >= 15 is 0 Å². The van der Waals surface area contributed by atoms with Crippen LogP contribution in [0.5, 0.6) is 0 Å². The van der Waals surface area contributed by atoms with E-state index in [4.69, 9.17) is 46.1 Å². The molecule has 8 heterocycles. The van der Waals surface area contributed by atoms with Gasteiger partial charge >= 0.3 is 0 Å². The number of fused-ring (bicyclic) bond motifs is 4. The van der Waals surface area contributed by atoms with E-state index in [1.165, 1.54) is 26.1 Å². The number of aliphatic hydroxyl groups is 2. The number of nitrogens with zero attached hydrogens (tertiary/aromatic N) is 12. The van der Waals surface area contributed by atoms with Crippen molar-refractivity contribution in [3.05, 3.63) is 71.0 Å². The van der Waals surface area contributed by atoms with Crippen LogP contribution >= 0.6 is 23.2 Å². The number of halogens is 3. The Morgan fingerprint density at radius 3 is 1.19 bits per heavy atom. The van der Waals surface area contributed by atoms with Crippen molar-refractivity contribution in [3.63, 3.8) is 0 Å². The Morgan fingerprint density at radius 2 is 0.811 bits per heavy atom. The van der Waals surface area contributed by atoms with Crippen molar-refractivity contribution in [1.29, 1.82) is 0 Å². The number of amides is 2. The van der Waals surface area contributed by atoms with E-state index in [1.807, 2.05) is 32.9 Å². The van der Waals surface area contributed by atoms with Crippen molar-refractivity contribution in [3.8, 4) is 0 Å². The van der Waals surface area contributed by atoms with Crippen molar-refractivity contribution in [2.75, 3.05) is 70.5 Å². The highest BCUT2D eigenvalue weighted by Gasteiger charge is 2.29. The van der Waals surface area contributed by atoms with Gasteiger partial charge in [-0.05, 0) is 77.6 Å². The summed E-state index contributed by atoms with van der Waals surface area (Å²) in [5.41, 5.74) is 25.8. The molecule has 26 nitrogen and oxygen atoms in total. The molecule has 29 heteroatoms. The fraction of sp³-hybridized carbons (Fsp3) is 0.508. The third-order valence-electron chi connectivity index (χ3n) is 14.4. The van der Waals surface area contributed by atoms with E-state index in [1.54, 1.807) is 24.5 Å². The van der Waals surface area contributed by atoms with Crippen LogP contribution in [0.15, 0.2) is 55.1 Å². The van der Waals surface area contributed by atoms with E-state index < -0.39 is 16.9 Å². The number of anilines is 8. The predicted molar refractivity (Wildman–Crippen MR) is 359 cm³/mol. The summed E-state index contributed by atoms with van der Waals surface area (Å²) in [7, 11) is 0. The standard InChI is InChI=1S/C17H26N6O.C16H23ClN6O.C14H20ClN5O.C14H20FN5O/c1-4-5-6-9-17(3,11-20-12(2)24)23-15-14-13(8-7-10-19-14)21-16(18)22-15;1-4-5-6-16(3,9-20-10(2)24)23-14-13-12(21-15(18)22-14)7-11(17)8-19-13;2*1-3-4-5-14(2,8-21)20-12-11-10(18-13(16)19-12)6-9(15)7-17-11/h7-8,10H,4-6,9,11H2,1-3H3,(H,20,24)(H3,18,21,22,23);7-8H,4-6,9H2,1-3H3,(H,20,24)(H3,18,21,22,23);2*6-7,21H,3-5,8H2,1-2H3,(H3,16,18,19,20)/t17-;16-;2*14-/m0000/s1. The maximum Gasteiger partial charge on any atom is 0.222 e. The van der Waals surface area contributed by atoms with Crippen LogP contribution in [-0.2, 0) is 9.59 Å². The number of aliphatic hydroxyl groups excluding tert-OH is 2. The lowest BCUT2D eigenvalue weighted by molar-refractivity contribution is -0.120. The highest BCUT2D eigenvalue weighted by atomic mass is 35.5. The second kappa shape index (κ2) is 34.1. The number of nitrogens with one attached hydrogen (secondary N) is 6. The molecule has 0 radical (unpaired) electrons. The van der Waals surface area contributed by atoms with Crippen LogP contribution in [0.1, 0.15) is 153 Å². The lowest BCUT2D eigenvalue weighted by Gasteiger charge is -2.32. The number of unbranched alkanes of at least 4 members (excludes halogenated alkanes) is 5. The van der Waals surface area contributed by atoms with Gasteiger partial charge in [0.15, 0.2) is 23.3 Å². The zero-order valence-corrected chi connectivity index (χ0v) is 54.7. The maximum atomic E-state index is 13.2. The zero-order valence-electron chi connectivity index (χ0n) is 53.2. The lowest BCUT2D eigenvalue weighted by Crippen LogP contribution is -2.46. The minimum Gasteiger partial charge on any atom is -0.394 e. The first kappa shape index (κ1) is 72.5. The molecule has 8 aromatic heterocycles. The van der Waals surface area contributed by atoms with Gasteiger partial charge < -0.3 is 65.0 Å². The molecule has 0 fully saturated rings. The molecule has 0 unspecified atom stereocenters. The van der Waals surface area contributed by atoms with Crippen molar-refractivity contribution in [1.82, 2.24) is 70.4 Å². The number of carbonyl (C=O) groups is 2. The normalized spacial score (nSPS) is 13.8. The van der Waals surface area contributed by atoms with Crippen LogP contribution in [0.2, 0.25) is 10.0 Å². The monoisotopic (exact) mass is 1280 g/mol. The van der Waals surface area contributed by atoms with Gasteiger partial charge in [-0.1, -0.05) is 109 Å². The third-order valence-corrected chi connectivity index (χ3v) is 14.9. The summed E-state index contributed by atoms with van der Waals surface area (Å²) in [6.45, 7) is 20.4. The second-order valence-electron chi connectivity index (χ2n) is 23.3. The Balaban J connectivity index is 0.000000219. The molecule has 488 valence electrons. The Hall–Kier alpha value is -8.27. The quantitative estimate of drug-likeness (QED) is 0.0213. The number of hydrogen-bond acceptors (Lipinski definition) is 24. The average molecular weight is 1280 g/mol.